The first-order chi connectivity index (χ1) is 9.11. The normalized spacial score (nSPS) is 18.3. The molecule has 4 heteroatoms. The van der Waals surface area contributed by atoms with Crippen LogP contribution in [0.4, 0.5) is 4.39 Å². The van der Waals surface area contributed by atoms with Crippen LogP contribution in [0.15, 0.2) is 29.2 Å². The van der Waals surface area contributed by atoms with Gasteiger partial charge in [-0.2, -0.15) is 0 Å². The average Bonchev–Trinajstić information content (AvgIpc) is 3.19. The molecule has 0 saturated heterocycles. The highest BCUT2D eigenvalue weighted by Gasteiger charge is 2.31. The van der Waals surface area contributed by atoms with E-state index >= 15 is 0 Å². The van der Waals surface area contributed by atoms with Crippen LogP contribution in [-0.4, -0.2) is 29.0 Å². The Labute approximate surface area is 118 Å². The van der Waals surface area contributed by atoms with Gasteiger partial charge in [0.1, 0.15) is 5.82 Å². The zero-order valence-corrected chi connectivity index (χ0v) is 12.2. The van der Waals surface area contributed by atoms with Crippen molar-refractivity contribution in [3.05, 3.63) is 30.1 Å². The summed E-state index contributed by atoms with van der Waals surface area (Å²) in [5.74, 6) is 0.770. The van der Waals surface area contributed by atoms with E-state index < -0.39 is 0 Å². The van der Waals surface area contributed by atoms with Crippen molar-refractivity contribution in [2.45, 2.75) is 49.1 Å². The molecule has 2 rings (SSSR count). The highest BCUT2D eigenvalue weighted by Crippen LogP contribution is 2.26. The molecule has 19 heavy (non-hydrogen) atoms. The van der Waals surface area contributed by atoms with Crippen LogP contribution in [0.25, 0.3) is 0 Å². The summed E-state index contributed by atoms with van der Waals surface area (Å²) in [5.41, 5.74) is -0.163. The van der Waals surface area contributed by atoms with Crippen LogP contribution in [0.1, 0.15) is 32.6 Å². The molecule has 2 nitrogen and oxygen atoms in total. The van der Waals surface area contributed by atoms with Crippen molar-refractivity contribution in [3.63, 3.8) is 0 Å². The van der Waals surface area contributed by atoms with Crippen molar-refractivity contribution in [1.29, 1.82) is 0 Å². The molecule has 1 atom stereocenters. The van der Waals surface area contributed by atoms with E-state index in [1.807, 2.05) is 6.07 Å². The molecular weight excluding hydrogens is 261 g/mol. The maximum absolute atomic E-state index is 13.0. The number of halogens is 1. The summed E-state index contributed by atoms with van der Waals surface area (Å²) in [7, 11) is 0. The Morgan fingerprint density at radius 1 is 1.47 bits per heavy atom. The lowest BCUT2D eigenvalue weighted by Crippen LogP contribution is -2.46. The Balaban J connectivity index is 1.70. The first kappa shape index (κ1) is 14.8. The van der Waals surface area contributed by atoms with Crippen molar-refractivity contribution in [3.8, 4) is 0 Å². The molecule has 0 spiro atoms. The zero-order valence-electron chi connectivity index (χ0n) is 11.4. The summed E-state index contributed by atoms with van der Waals surface area (Å²) in [4.78, 5) is 0.973. The standard InChI is InChI=1S/C15H22FNOS/c1-15(11-18,17-13-6-7-13)8-3-9-19-14-5-2-4-12(16)10-14/h2,4-5,10,13,17-18H,3,6-9,11H2,1H3. The molecule has 0 aromatic heterocycles. The molecule has 1 aliphatic carbocycles. The highest BCUT2D eigenvalue weighted by molar-refractivity contribution is 7.99. The molecule has 1 unspecified atom stereocenters. The van der Waals surface area contributed by atoms with Crippen molar-refractivity contribution >= 4 is 11.8 Å². The van der Waals surface area contributed by atoms with E-state index in [-0.39, 0.29) is 18.0 Å². The lowest BCUT2D eigenvalue weighted by Gasteiger charge is -2.29. The van der Waals surface area contributed by atoms with E-state index in [9.17, 15) is 9.50 Å². The third-order valence-electron chi connectivity index (χ3n) is 3.42. The van der Waals surface area contributed by atoms with Gasteiger partial charge in [0.05, 0.1) is 6.61 Å². The van der Waals surface area contributed by atoms with E-state index in [4.69, 9.17) is 0 Å². The van der Waals surface area contributed by atoms with Gasteiger partial charge >= 0.3 is 0 Å². The largest absolute Gasteiger partial charge is 0.394 e. The van der Waals surface area contributed by atoms with E-state index in [0.29, 0.717) is 6.04 Å². The third kappa shape index (κ3) is 5.13. The van der Waals surface area contributed by atoms with Crippen LogP contribution < -0.4 is 5.32 Å². The molecule has 0 aliphatic heterocycles. The summed E-state index contributed by atoms with van der Waals surface area (Å²) in [6.45, 7) is 2.26. The Kier molecular flexibility index (Phi) is 5.25. The number of thioether (sulfide) groups is 1. The topological polar surface area (TPSA) is 32.3 Å². The number of aliphatic hydroxyl groups is 1. The number of aliphatic hydroxyl groups excluding tert-OH is 1. The molecule has 0 amide bonds. The Hall–Kier alpha value is -0.580. The van der Waals surface area contributed by atoms with Gasteiger partial charge in [0.25, 0.3) is 0 Å². The summed E-state index contributed by atoms with van der Waals surface area (Å²) < 4.78 is 13.0. The first-order valence-corrected chi connectivity index (χ1v) is 7.87. The fraction of sp³-hybridized carbons (Fsp3) is 0.600. The molecule has 1 saturated carbocycles. The van der Waals surface area contributed by atoms with E-state index in [2.05, 4.69) is 12.2 Å². The molecule has 106 valence electrons. The number of hydrogen-bond acceptors (Lipinski definition) is 3. The number of nitrogens with one attached hydrogen (secondary N) is 1. The quantitative estimate of drug-likeness (QED) is 0.567. The fourth-order valence-corrected chi connectivity index (χ4v) is 3.02. The van der Waals surface area contributed by atoms with Crippen molar-refractivity contribution < 1.29 is 9.50 Å². The molecule has 0 bridgehead atoms. The van der Waals surface area contributed by atoms with E-state index in [1.54, 1.807) is 23.9 Å². The Morgan fingerprint density at radius 3 is 2.89 bits per heavy atom. The minimum atomic E-state index is -0.180. The summed E-state index contributed by atoms with van der Waals surface area (Å²) in [6.07, 6.45) is 4.42. The monoisotopic (exact) mass is 283 g/mol. The van der Waals surface area contributed by atoms with Crippen LogP contribution in [0.3, 0.4) is 0 Å². The lowest BCUT2D eigenvalue weighted by molar-refractivity contribution is 0.163. The van der Waals surface area contributed by atoms with Crippen molar-refractivity contribution in [1.82, 2.24) is 5.32 Å². The number of rotatable bonds is 8. The molecule has 0 radical (unpaired) electrons. The highest BCUT2D eigenvalue weighted by atomic mass is 32.2. The molecule has 1 aromatic rings. The summed E-state index contributed by atoms with van der Waals surface area (Å²) >= 11 is 1.67. The van der Waals surface area contributed by atoms with Gasteiger partial charge in [0.15, 0.2) is 0 Å². The van der Waals surface area contributed by atoms with Crippen LogP contribution >= 0.6 is 11.8 Å². The second-order valence-corrected chi connectivity index (χ2v) is 6.72. The van der Waals surface area contributed by atoms with E-state index in [1.165, 1.54) is 18.9 Å². The third-order valence-corrected chi connectivity index (χ3v) is 4.50. The second kappa shape index (κ2) is 6.73. The van der Waals surface area contributed by atoms with Crippen LogP contribution in [0.5, 0.6) is 0 Å². The summed E-state index contributed by atoms with van der Waals surface area (Å²) in [6, 6.07) is 7.31. The first-order valence-electron chi connectivity index (χ1n) is 6.88. The molecular formula is C15H22FNOS. The minimum Gasteiger partial charge on any atom is -0.394 e. The van der Waals surface area contributed by atoms with Gasteiger partial charge < -0.3 is 10.4 Å². The van der Waals surface area contributed by atoms with Crippen LogP contribution in [0, 0.1) is 5.82 Å². The van der Waals surface area contributed by atoms with Crippen LogP contribution in [0.2, 0.25) is 0 Å². The van der Waals surface area contributed by atoms with Gasteiger partial charge in [-0.15, -0.1) is 11.8 Å². The predicted octanol–water partition coefficient (Wildman–Crippen LogP) is 3.20. The molecule has 2 N–H and O–H groups in total. The average molecular weight is 283 g/mol. The Bertz CT molecular complexity index is 411. The zero-order chi connectivity index (χ0) is 13.7. The fourth-order valence-electron chi connectivity index (χ4n) is 2.13. The molecule has 1 aliphatic rings. The molecule has 0 heterocycles. The van der Waals surface area contributed by atoms with Crippen molar-refractivity contribution in [2.24, 2.45) is 0 Å². The van der Waals surface area contributed by atoms with Crippen LogP contribution in [-0.2, 0) is 0 Å². The van der Waals surface area contributed by atoms with Gasteiger partial charge in [-0.1, -0.05) is 6.07 Å². The van der Waals surface area contributed by atoms with Gasteiger partial charge in [0, 0.05) is 16.5 Å². The number of hydrogen-bond donors (Lipinski definition) is 2. The smallest absolute Gasteiger partial charge is 0.124 e. The maximum Gasteiger partial charge on any atom is 0.124 e. The van der Waals surface area contributed by atoms with E-state index in [0.717, 1.165) is 23.5 Å². The SMILES string of the molecule is CC(CO)(CCCSc1cccc(F)c1)NC1CC1. The predicted molar refractivity (Wildman–Crippen MR) is 78.0 cm³/mol. The van der Waals surface area contributed by atoms with Gasteiger partial charge in [-0.05, 0) is 56.6 Å². The molecule has 1 aromatic carbocycles. The van der Waals surface area contributed by atoms with Gasteiger partial charge in [-0.25, -0.2) is 4.39 Å². The second-order valence-electron chi connectivity index (χ2n) is 5.55. The minimum absolute atomic E-state index is 0.163. The van der Waals surface area contributed by atoms with Gasteiger partial charge in [-0.3, -0.25) is 0 Å². The summed E-state index contributed by atoms with van der Waals surface area (Å²) in [5, 5.41) is 13.0. The van der Waals surface area contributed by atoms with Crippen molar-refractivity contribution in [2.75, 3.05) is 12.4 Å². The lowest BCUT2D eigenvalue weighted by atomic mass is 9.97. The maximum atomic E-state index is 13.0. The Morgan fingerprint density at radius 2 is 2.26 bits per heavy atom. The number of benzene rings is 1. The van der Waals surface area contributed by atoms with Gasteiger partial charge in [0.2, 0.25) is 0 Å². The molecule has 1 fully saturated rings.